The molecular formula is C20H17N5O4S. The van der Waals surface area contributed by atoms with E-state index in [-0.39, 0.29) is 5.69 Å². The van der Waals surface area contributed by atoms with Crippen LogP contribution in [0, 0.1) is 10.1 Å². The molecule has 0 radical (unpaired) electrons. The minimum atomic E-state index is -0.426. The summed E-state index contributed by atoms with van der Waals surface area (Å²) in [5.74, 6) is 2.03. The molecule has 4 aromatic rings. The molecule has 10 heteroatoms. The van der Waals surface area contributed by atoms with E-state index in [0.29, 0.717) is 39.3 Å². The van der Waals surface area contributed by atoms with Gasteiger partial charge in [0.1, 0.15) is 11.5 Å². The molecular weight excluding hydrogens is 406 g/mol. The molecule has 9 nitrogen and oxygen atoms in total. The zero-order valence-electron chi connectivity index (χ0n) is 16.2. The Morgan fingerprint density at radius 3 is 2.50 bits per heavy atom. The molecule has 30 heavy (non-hydrogen) atoms. The van der Waals surface area contributed by atoms with E-state index >= 15 is 0 Å². The maximum Gasteiger partial charge on any atom is 0.270 e. The fraction of sp³-hybridized carbons (Fsp3) is 0.150. The molecule has 0 N–H and O–H groups in total. The van der Waals surface area contributed by atoms with Crippen LogP contribution in [-0.4, -0.2) is 39.0 Å². The standard InChI is InChI=1S/C20H17N5O4S/c1-28-16-8-13(9-17(11-16)29-2)12-30-20-22-21-19-7-6-18(23-24(19)20)14-4-3-5-15(10-14)25(26)27/h3-11H,12H2,1-2H3. The largest absolute Gasteiger partial charge is 0.497 e. The highest BCUT2D eigenvalue weighted by atomic mass is 32.2. The van der Waals surface area contributed by atoms with Crippen molar-refractivity contribution >= 4 is 23.1 Å². The molecule has 0 amide bonds. The highest BCUT2D eigenvalue weighted by molar-refractivity contribution is 7.98. The Morgan fingerprint density at radius 1 is 1.03 bits per heavy atom. The van der Waals surface area contributed by atoms with Gasteiger partial charge in [-0.15, -0.1) is 10.2 Å². The molecule has 152 valence electrons. The molecule has 0 bridgehead atoms. The number of rotatable bonds is 7. The van der Waals surface area contributed by atoms with Crippen molar-refractivity contribution in [1.82, 2.24) is 19.8 Å². The highest BCUT2D eigenvalue weighted by Gasteiger charge is 2.13. The summed E-state index contributed by atoms with van der Waals surface area (Å²) in [7, 11) is 3.22. The molecule has 2 aromatic heterocycles. The van der Waals surface area contributed by atoms with Crippen LogP contribution in [0.25, 0.3) is 16.9 Å². The number of methoxy groups -OCH3 is 2. The van der Waals surface area contributed by atoms with Gasteiger partial charge in [0.05, 0.1) is 24.8 Å². The van der Waals surface area contributed by atoms with Gasteiger partial charge in [-0.05, 0) is 29.8 Å². The van der Waals surface area contributed by atoms with Gasteiger partial charge in [-0.2, -0.15) is 9.61 Å². The van der Waals surface area contributed by atoms with E-state index in [2.05, 4.69) is 15.3 Å². The molecule has 0 aliphatic carbocycles. The zero-order valence-corrected chi connectivity index (χ0v) is 17.0. The maximum absolute atomic E-state index is 11.1. The molecule has 0 atom stereocenters. The molecule has 4 rings (SSSR count). The number of aromatic nitrogens is 4. The molecule has 0 saturated heterocycles. The molecule has 0 fully saturated rings. The lowest BCUT2D eigenvalue weighted by Crippen LogP contribution is -1.97. The van der Waals surface area contributed by atoms with Crippen LogP contribution in [0.1, 0.15) is 5.56 Å². The Balaban J connectivity index is 1.62. The van der Waals surface area contributed by atoms with Gasteiger partial charge >= 0.3 is 0 Å². The second kappa shape index (κ2) is 8.37. The van der Waals surface area contributed by atoms with Crippen LogP contribution in [0.15, 0.2) is 59.8 Å². The maximum atomic E-state index is 11.1. The summed E-state index contributed by atoms with van der Waals surface area (Å²) in [4.78, 5) is 10.6. The summed E-state index contributed by atoms with van der Waals surface area (Å²) in [5.41, 5.74) is 2.85. The van der Waals surface area contributed by atoms with E-state index in [1.165, 1.54) is 23.9 Å². The average Bonchev–Trinajstić information content (AvgIpc) is 3.19. The third kappa shape index (κ3) is 4.03. The van der Waals surface area contributed by atoms with Crippen LogP contribution in [0.5, 0.6) is 11.5 Å². The van der Waals surface area contributed by atoms with E-state index in [1.54, 1.807) is 43.0 Å². The first-order chi connectivity index (χ1) is 14.6. The first kappa shape index (κ1) is 19.6. The van der Waals surface area contributed by atoms with Crippen LogP contribution in [0.3, 0.4) is 0 Å². The number of nitro benzene ring substituents is 1. The van der Waals surface area contributed by atoms with Crippen LogP contribution >= 0.6 is 11.8 Å². The summed E-state index contributed by atoms with van der Waals surface area (Å²) in [6, 6.07) is 15.6. The summed E-state index contributed by atoms with van der Waals surface area (Å²) in [6.07, 6.45) is 0. The predicted molar refractivity (Wildman–Crippen MR) is 112 cm³/mol. The number of hydrogen-bond acceptors (Lipinski definition) is 8. The van der Waals surface area contributed by atoms with Gasteiger partial charge in [0.25, 0.3) is 5.69 Å². The predicted octanol–water partition coefficient (Wildman–Crippen LogP) is 4.01. The summed E-state index contributed by atoms with van der Waals surface area (Å²) >= 11 is 1.47. The van der Waals surface area contributed by atoms with Gasteiger partial charge < -0.3 is 9.47 Å². The Bertz CT molecular complexity index is 1200. The molecule has 2 heterocycles. The molecule has 0 spiro atoms. The Hall–Kier alpha value is -3.66. The smallest absolute Gasteiger partial charge is 0.270 e. The normalized spacial score (nSPS) is 10.9. The number of fused-ring (bicyclic) bond motifs is 1. The van der Waals surface area contributed by atoms with Crippen LogP contribution in [0.4, 0.5) is 5.69 Å². The number of benzene rings is 2. The van der Waals surface area contributed by atoms with E-state index in [4.69, 9.17) is 9.47 Å². The van der Waals surface area contributed by atoms with Crippen LogP contribution in [-0.2, 0) is 5.75 Å². The first-order valence-corrected chi connectivity index (χ1v) is 9.88. The molecule has 0 saturated carbocycles. The minimum absolute atomic E-state index is 0.0136. The number of nitrogens with zero attached hydrogens (tertiary/aromatic N) is 5. The fourth-order valence-electron chi connectivity index (χ4n) is 2.89. The fourth-order valence-corrected chi connectivity index (χ4v) is 3.71. The van der Waals surface area contributed by atoms with Crippen molar-refractivity contribution in [3.63, 3.8) is 0 Å². The van der Waals surface area contributed by atoms with Gasteiger partial charge in [-0.25, -0.2) is 0 Å². The van der Waals surface area contributed by atoms with E-state index < -0.39 is 4.92 Å². The van der Waals surface area contributed by atoms with Gasteiger partial charge in [0, 0.05) is 29.5 Å². The third-order valence-corrected chi connectivity index (χ3v) is 5.36. The van der Waals surface area contributed by atoms with E-state index in [1.807, 2.05) is 18.2 Å². The summed E-state index contributed by atoms with van der Waals surface area (Å²) < 4.78 is 12.3. The third-order valence-electron chi connectivity index (χ3n) is 4.37. The van der Waals surface area contributed by atoms with Crippen molar-refractivity contribution in [3.05, 3.63) is 70.3 Å². The minimum Gasteiger partial charge on any atom is -0.497 e. The monoisotopic (exact) mass is 423 g/mol. The van der Waals surface area contributed by atoms with Gasteiger partial charge in [-0.3, -0.25) is 10.1 Å². The lowest BCUT2D eigenvalue weighted by molar-refractivity contribution is -0.384. The highest BCUT2D eigenvalue weighted by Crippen LogP contribution is 2.28. The number of nitro groups is 1. The van der Waals surface area contributed by atoms with Crippen molar-refractivity contribution in [2.24, 2.45) is 0 Å². The lowest BCUT2D eigenvalue weighted by Gasteiger charge is -2.08. The summed E-state index contributed by atoms with van der Waals surface area (Å²) in [5, 5.41) is 24.6. The second-order valence-corrected chi connectivity index (χ2v) is 7.23. The Labute approximate surface area is 175 Å². The second-order valence-electron chi connectivity index (χ2n) is 6.29. The van der Waals surface area contributed by atoms with E-state index in [0.717, 1.165) is 5.56 Å². The van der Waals surface area contributed by atoms with Gasteiger partial charge in [0.15, 0.2) is 5.65 Å². The van der Waals surface area contributed by atoms with Crippen molar-refractivity contribution in [1.29, 1.82) is 0 Å². The average molecular weight is 423 g/mol. The Kier molecular flexibility index (Phi) is 5.48. The quantitative estimate of drug-likeness (QED) is 0.249. The Morgan fingerprint density at radius 2 is 1.80 bits per heavy atom. The van der Waals surface area contributed by atoms with Crippen molar-refractivity contribution in [2.75, 3.05) is 14.2 Å². The topological polar surface area (TPSA) is 105 Å². The molecule has 0 aliphatic rings. The van der Waals surface area contributed by atoms with Crippen molar-refractivity contribution in [2.45, 2.75) is 10.9 Å². The van der Waals surface area contributed by atoms with Crippen molar-refractivity contribution in [3.8, 4) is 22.8 Å². The SMILES string of the molecule is COc1cc(CSc2nnc3ccc(-c4cccc([N+](=O)[O-])c4)nn23)cc(OC)c1. The number of ether oxygens (including phenoxy) is 2. The van der Waals surface area contributed by atoms with Gasteiger partial charge in [-0.1, -0.05) is 23.9 Å². The molecule has 2 aromatic carbocycles. The summed E-state index contributed by atoms with van der Waals surface area (Å²) in [6.45, 7) is 0. The van der Waals surface area contributed by atoms with Crippen LogP contribution < -0.4 is 9.47 Å². The number of thioether (sulfide) groups is 1. The van der Waals surface area contributed by atoms with E-state index in [9.17, 15) is 10.1 Å². The number of hydrogen-bond donors (Lipinski definition) is 0. The molecule has 0 aliphatic heterocycles. The van der Waals surface area contributed by atoms with Crippen molar-refractivity contribution < 1.29 is 14.4 Å². The number of non-ortho nitro benzene ring substituents is 1. The lowest BCUT2D eigenvalue weighted by atomic mass is 10.1. The van der Waals surface area contributed by atoms with Gasteiger partial charge in [0.2, 0.25) is 5.16 Å². The zero-order chi connectivity index (χ0) is 21.1. The first-order valence-electron chi connectivity index (χ1n) is 8.89. The molecule has 0 unspecified atom stereocenters. The van der Waals surface area contributed by atoms with Crippen LogP contribution in [0.2, 0.25) is 0 Å².